The van der Waals surface area contributed by atoms with E-state index in [1.54, 1.807) is 12.1 Å². The first-order valence-corrected chi connectivity index (χ1v) is 8.51. The van der Waals surface area contributed by atoms with Gasteiger partial charge in [-0.1, -0.05) is 45.7 Å². The Hall–Kier alpha value is -0.890. The van der Waals surface area contributed by atoms with Gasteiger partial charge in [0.2, 0.25) is 0 Å². The van der Waals surface area contributed by atoms with Crippen LogP contribution in [0.1, 0.15) is 58.4 Å². The fourth-order valence-corrected chi connectivity index (χ4v) is 3.83. The summed E-state index contributed by atoms with van der Waals surface area (Å²) in [6, 6.07) is 7.54. The molecular formula is C19H30FN. The van der Waals surface area contributed by atoms with Crippen molar-refractivity contribution in [2.24, 2.45) is 11.3 Å². The lowest BCUT2D eigenvalue weighted by molar-refractivity contribution is 0.0981. The maximum absolute atomic E-state index is 13.1. The van der Waals surface area contributed by atoms with Crippen molar-refractivity contribution in [1.29, 1.82) is 0 Å². The highest BCUT2D eigenvalue weighted by atomic mass is 19.1. The van der Waals surface area contributed by atoms with Crippen LogP contribution in [0.15, 0.2) is 24.3 Å². The number of rotatable bonds is 6. The number of nitrogens with one attached hydrogen (secondary N) is 1. The van der Waals surface area contributed by atoms with Crippen molar-refractivity contribution in [3.63, 3.8) is 0 Å². The average molecular weight is 291 g/mol. The van der Waals surface area contributed by atoms with E-state index in [0.29, 0.717) is 17.4 Å². The smallest absolute Gasteiger partial charge is 0.123 e. The van der Waals surface area contributed by atoms with Crippen molar-refractivity contribution in [1.82, 2.24) is 5.32 Å². The van der Waals surface area contributed by atoms with Gasteiger partial charge in [0.25, 0.3) is 0 Å². The van der Waals surface area contributed by atoms with E-state index in [0.717, 1.165) is 19.4 Å². The van der Waals surface area contributed by atoms with Crippen molar-refractivity contribution in [2.45, 2.75) is 65.3 Å². The molecule has 0 radical (unpaired) electrons. The molecule has 0 saturated heterocycles. The van der Waals surface area contributed by atoms with E-state index in [1.807, 2.05) is 12.1 Å². The van der Waals surface area contributed by atoms with Crippen molar-refractivity contribution in [3.05, 3.63) is 35.6 Å². The molecule has 21 heavy (non-hydrogen) atoms. The van der Waals surface area contributed by atoms with Crippen LogP contribution in [0, 0.1) is 17.2 Å². The Morgan fingerprint density at radius 1 is 1.24 bits per heavy atom. The summed E-state index contributed by atoms with van der Waals surface area (Å²) in [6.07, 6.45) is 7.52. The molecule has 1 aliphatic rings. The SMILES string of the molecule is CCCNC(Cc1ccc(F)cc1)C1CCCCC1(C)C. The maximum atomic E-state index is 13.1. The first kappa shape index (κ1) is 16.5. The summed E-state index contributed by atoms with van der Waals surface area (Å²) in [5, 5.41) is 3.76. The van der Waals surface area contributed by atoms with Crippen molar-refractivity contribution < 1.29 is 4.39 Å². The molecule has 0 aliphatic heterocycles. The predicted molar refractivity (Wildman–Crippen MR) is 87.9 cm³/mol. The van der Waals surface area contributed by atoms with E-state index >= 15 is 0 Å². The lowest BCUT2D eigenvalue weighted by atomic mass is 9.65. The molecule has 1 aliphatic carbocycles. The molecule has 2 rings (SSSR count). The van der Waals surface area contributed by atoms with Crippen molar-refractivity contribution in [2.75, 3.05) is 6.54 Å². The van der Waals surface area contributed by atoms with E-state index in [9.17, 15) is 4.39 Å². The average Bonchev–Trinajstić information content (AvgIpc) is 2.45. The summed E-state index contributed by atoms with van der Waals surface area (Å²) in [7, 11) is 0. The van der Waals surface area contributed by atoms with Gasteiger partial charge in [-0.05, 0) is 61.3 Å². The van der Waals surface area contributed by atoms with Gasteiger partial charge in [0, 0.05) is 6.04 Å². The van der Waals surface area contributed by atoms with Crippen LogP contribution < -0.4 is 5.32 Å². The zero-order valence-corrected chi connectivity index (χ0v) is 13.8. The van der Waals surface area contributed by atoms with Crippen LogP contribution in [-0.2, 0) is 6.42 Å². The summed E-state index contributed by atoms with van der Waals surface area (Å²) >= 11 is 0. The zero-order chi connectivity index (χ0) is 15.3. The third kappa shape index (κ3) is 4.54. The molecule has 2 heteroatoms. The van der Waals surface area contributed by atoms with Crippen LogP contribution >= 0.6 is 0 Å². The first-order chi connectivity index (χ1) is 10.0. The Labute approximate surface area is 129 Å². The fraction of sp³-hybridized carbons (Fsp3) is 0.684. The molecule has 0 amide bonds. The number of halogens is 1. The van der Waals surface area contributed by atoms with E-state index in [4.69, 9.17) is 0 Å². The molecule has 1 N–H and O–H groups in total. The molecule has 118 valence electrons. The Morgan fingerprint density at radius 3 is 2.57 bits per heavy atom. The summed E-state index contributed by atoms with van der Waals surface area (Å²) in [4.78, 5) is 0. The van der Waals surface area contributed by atoms with Gasteiger partial charge in [-0.2, -0.15) is 0 Å². The minimum Gasteiger partial charge on any atom is -0.313 e. The molecule has 1 nitrogen and oxygen atoms in total. The Bertz CT molecular complexity index is 424. The van der Waals surface area contributed by atoms with Crippen LogP contribution in [0.5, 0.6) is 0 Å². The van der Waals surface area contributed by atoms with Gasteiger partial charge in [-0.25, -0.2) is 4.39 Å². The van der Waals surface area contributed by atoms with Crippen LogP contribution in [0.4, 0.5) is 4.39 Å². The van der Waals surface area contributed by atoms with E-state index in [1.165, 1.54) is 31.2 Å². The fourth-order valence-electron chi connectivity index (χ4n) is 3.83. The highest BCUT2D eigenvalue weighted by molar-refractivity contribution is 5.17. The van der Waals surface area contributed by atoms with Gasteiger partial charge < -0.3 is 5.32 Å². The number of hydrogen-bond donors (Lipinski definition) is 1. The van der Waals surface area contributed by atoms with Gasteiger partial charge in [-0.15, -0.1) is 0 Å². The van der Waals surface area contributed by atoms with Crippen molar-refractivity contribution >= 4 is 0 Å². The number of benzene rings is 1. The largest absolute Gasteiger partial charge is 0.313 e. The van der Waals surface area contributed by atoms with E-state index in [-0.39, 0.29) is 5.82 Å². The van der Waals surface area contributed by atoms with Gasteiger partial charge in [0.05, 0.1) is 0 Å². The van der Waals surface area contributed by atoms with Crippen LogP contribution in [0.3, 0.4) is 0 Å². The Morgan fingerprint density at radius 2 is 1.95 bits per heavy atom. The van der Waals surface area contributed by atoms with Gasteiger partial charge >= 0.3 is 0 Å². The quantitative estimate of drug-likeness (QED) is 0.781. The maximum Gasteiger partial charge on any atom is 0.123 e. The van der Waals surface area contributed by atoms with Crippen LogP contribution in [-0.4, -0.2) is 12.6 Å². The minimum atomic E-state index is -0.144. The highest BCUT2D eigenvalue weighted by Gasteiger charge is 2.37. The predicted octanol–water partition coefficient (Wildman–Crippen LogP) is 4.95. The lowest BCUT2D eigenvalue weighted by Crippen LogP contribution is -2.46. The standard InChI is InChI=1S/C19H30FN/c1-4-13-21-18(14-15-8-10-16(20)11-9-15)17-7-5-6-12-19(17,2)3/h8-11,17-18,21H,4-7,12-14H2,1-3H3. The second-order valence-corrected chi connectivity index (χ2v) is 7.23. The molecule has 0 bridgehead atoms. The Kier molecular flexibility index (Phi) is 5.80. The van der Waals surface area contributed by atoms with Gasteiger partial charge in [0.15, 0.2) is 0 Å². The first-order valence-electron chi connectivity index (χ1n) is 8.51. The van der Waals surface area contributed by atoms with Crippen LogP contribution in [0.25, 0.3) is 0 Å². The van der Waals surface area contributed by atoms with Gasteiger partial charge in [-0.3, -0.25) is 0 Å². The molecule has 2 atom stereocenters. The highest BCUT2D eigenvalue weighted by Crippen LogP contribution is 2.43. The summed E-state index contributed by atoms with van der Waals surface area (Å²) < 4.78 is 13.1. The van der Waals surface area contributed by atoms with Crippen molar-refractivity contribution in [3.8, 4) is 0 Å². The number of hydrogen-bond acceptors (Lipinski definition) is 1. The molecule has 1 aromatic rings. The summed E-state index contributed by atoms with van der Waals surface area (Å²) in [5.41, 5.74) is 1.65. The van der Waals surface area contributed by atoms with Crippen LogP contribution in [0.2, 0.25) is 0 Å². The molecule has 0 aromatic heterocycles. The zero-order valence-electron chi connectivity index (χ0n) is 13.8. The third-order valence-electron chi connectivity index (χ3n) is 5.10. The van der Waals surface area contributed by atoms with E-state index in [2.05, 4.69) is 26.1 Å². The normalized spacial score (nSPS) is 23.0. The summed E-state index contributed by atoms with van der Waals surface area (Å²) in [5.74, 6) is 0.567. The molecule has 1 saturated carbocycles. The molecule has 1 fully saturated rings. The molecule has 0 spiro atoms. The monoisotopic (exact) mass is 291 g/mol. The molecule has 0 heterocycles. The second-order valence-electron chi connectivity index (χ2n) is 7.23. The topological polar surface area (TPSA) is 12.0 Å². The molecular weight excluding hydrogens is 261 g/mol. The molecule has 1 aromatic carbocycles. The lowest BCUT2D eigenvalue weighted by Gasteiger charge is -2.44. The summed E-state index contributed by atoms with van der Waals surface area (Å²) in [6.45, 7) is 8.12. The minimum absolute atomic E-state index is 0.144. The van der Waals surface area contributed by atoms with E-state index < -0.39 is 0 Å². The molecule has 2 unspecified atom stereocenters. The second kappa shape index (κ2) is 7.40. The van der Waals surface area contributed by atoms with Gasteiger partial charge in [0.1, 0.15) is 5.82 Å². The Balaban J connectivity index is 2.11. The third-order valence-corrected chi connectivity index (χ3v) is 5.10.